The molecule has 102 valence electrons. The van der Waals surface area contributed by atoms with Gasteiger partial charge in [0.2, 0.25) is 0 Å². The van der Waals surface area contributed by atoms with E-state index in [9.17, 15) is 4.79 Å². The third-order valence-electron chi connectivity index (χ3n) is 3.79. The Labute approximate surface area is 119 Å². The Morgan fingerprint density at radius 2 is 2.00 bits per heavy atom. The molecule has 0 radical (unpaired) electrons. The van der Waals surface area contributed by atoms with Gasteiger partial charge in [-0.2, -0.15) is 0 Å². The lowest BCUT2D eigenvalue weighted by Crippen LogP contribution is -2.36. The molecule has 3 rings (SSSR count). The molecule has 1 aromatic heterocycles. The number of fused-ring (bicyclic) bond motifs is 1. The minimum absolute atomic E-state index is 0.0972. The number of carbonyl (C=O) groups is 1. The van der Waals surface area contributed by atoms with Crippen LogP contribution < -0.4 is 0 Å². The summed E-state index contributed by atoms with van der Waals surface area (Å²) >= 11 is 0. The van der Waals surface area contributed by atoms with Crippen LogP contribution in [0.5, 0.6) is 0 Å². The van der Waals surface area contributed by atoms with Crippen molar-refractivity contribution in [2.75, 3.05) is 6.54 Å². The van der Waals surface area contributed by atoms with Crippen LogP contribution in [-0.4, -0.2) is 22.3 Å². The highest BCUT2D eigenvalue weighted by molar-refractivity contribution is 5.94. The first kappa shape index (κ1) is 12.9. The van der Waals surface area contributed by atoms with Crippen molar-refractivity contribution in [3.63, 3.8) is 0 Å². The second-order valence-electron chi connectivity index (χ2n) is 5.10. The predicted molar refractivity (Wildman–Crippen MR) is 78.5 cm³/mol. The first-order chi connectivity index (χ1) is 9.78. The van der Waals surface area contributed by atoms with Crippen molar-refractivity contribution >= 4 is 5.91 Å². The molecule has 2 heterocycles. The molecular formula is C17H18N2O. The third-order valence-corrected chi connectivity index (χ3v) is 3.79. The summed E-state index contributed by atoms with van der Waals surface area (Å²) in [5.74, 6) is 0.0972. The van der Waals surface area contributed by atoms with Gasteiger partial charge in [0.15, 0.2) is 0 Å². The van der Waals surface area contributed by atoms with E-state index in [0.29, 0.717) is 6.54 Å². The quantitative estimate of drug-likeness (QED) is 0.837. The van der Waals surface area contributed by atoms with E-state index in [1.54, 1.807) is 0 Å². The molecule has 1 aliphatic heterocycles. The second kappa shape index (κ2) is 5.45. The van der Waals surface area contributed by atoms with Crippen molar-refractivity contribution in [3.8, 4) is 0 Å². The summed E-state index contributed by atoms with van der Waals surface area (Å²) in [6.07, 6.45) is 1.82. The fourth-order valence-corrected chi connectivity index (χ4v) is 2.59. The lowest BCUT2D eigenvalue weighted by molar-refractivity contribution is 0.0732. The van der Waals surface area contributed by atoms with E-state index in [1.165, 1.54) is 5.56 Å². The molecule has 0 bridgehead atoms. The SMILES string of the molecule is CCc1ccc2c(n1)CN(C(=O)c1ccccc1)CC2. The summed E-state index contributed by atoms with van der Waals surface area (Å²) in [5.41, 5.74) is 4.18. The maximum atomic E-state index is 12.5. The Hall–Kier alpha value is -2.16. The van der Waals surface area contributed by atoms with Crippen LogP contribution in [-0.2, 0) is 19.4 Å². The van der Waals surface area contributed by atoms with Crippen molar-refractivity contribution in [3.05, 3.63) is 65.0 Å². The largest absolute Gasteiger partial charge is 0.332 e. The normalized spacial score (nSPS) is 13.9. The zero-order valence-electron chi connectivity index (χ0n) is 11.7. The molecule has 0 saturated carbocycles. The number of rotatable bonds is 2. The Kier molecular flexibility index (Phi) is 3.50. The van der Waals surface area contributed by atoms with Crippen LogP contribution in [0.25, 0.3) is 0 Å². The molecule has 0 spiro atoms. The third kappa shape index (κ3) is 2.44. The Balaban J connectivity index is 1.83. The molecule has 20 heavy (non-hydrogen) atoms. The molecule has 0 fully saturated rings. The molecule has 1 aliphatic rings. The van der Waals surface area contributed by atoms with Crippen molar-refractivity contribution in [2.24, 2.45) is 0 Å². The summed E-state index contributed by atoms with van der Waals surface area (Å²) in [4.78, 5) is 19.0. The van der Waals surface area contributed by atoms with E-state index in [4.69, 9.17) is 0 Å². The monoisotopic (exact) mass is 266 g/mol. The summed E-state index contributed by atoms with van der Waals surface area (Å²) in [5, 5.41) is 0. The molecule has 3 heteroatoms. The minimum atomic E-state index is 0.0972. The number of benzene rings is 1. The van der Waals surface area contributed by atoms with Crippen molar-refractivity contribution in [1.29, 1.82) is 0 Å². The van der Waals surface area contributed by atoms with Crippen LogP contribution in [0.2, 0.25) is 0 Å². The fourth-order valence-electron chi connectivity index (χ4n) is 2.59. The van der Waals surface area contributed by atoms with Crippen LogP contribution in [0.3, 0.4) is 0 Å². The summed E-state index contributed by atoms with van der Waals surface area (Å²) < 4.78 is 0. The number of aryl methyl sites for hydroxylation is 1. The molecule has 0 saturated heterocycles. The van der Waals surface area contributed by atoms with E-state index >= 15 is 0 Å². The number of carbonyl (C=O) groups excluding carboxylic acids is 1. The first-order valence-electron chi connectivity index (χ1n) is 7.10. The number of nitrogens with zero attached hydrogens (tertiary/aromatic N) is 2. The van der Waals surface area contributed by atoms with Crippen molar-refractivity contribution in [2.45, 2.75) is 26.3 Å². The molecule has 0 N–H and O–H groups in total. The summed E-state index contributed by atoms with van der Waals surface area (Å²) in [6, 6.07) is 13.7. The first-order valence-corrected chi connectivity index (χ1v) is 7.10. The highest BCUT2D eigenvalue weighted by Crippen LogP contribution is 2.19. The molecule has 0 unspecified atom stereocenters. The van der Waals surface area contributed by atoms with E-state index in [2.05, 4.69) is 24.0 Å². The van der Waals surface area contributed by atoms with Gasteiger partial charge >= 0.3 is 0 Å². The molecule has 2 aromatic rings. The van der Waals surface area contributed by atoms with E-state index in [-0.39, 0.29) is 5.91 Å². The molecule has 3 nitrogen and oxygen atoms in total. The maximum Gasteiger partial charge on any atom is 0.254 e. The summed E-state index contributed by atoms with van der Waals surface area (Å²) in [6.45, 7) is 3.50. The van der Waals surface area contributed by atoms with Gasteiger partial charge in [-0.25, -0.2) is 0 Å². The van der Waals surface area contributed by atoms with Gasteiger partial charge in [-0.05, 0) is 36.6 Å². The van der Waals surface area contributed by atoms with Crippen LogP contribution in [0.4, 0.5) is 0 Å². The van der Waals surface area contributed by atoms with Crippen LogP contribution in [0.15, 0.2) is 42.5 Å². The zero-order valence-corrected chi connectivity index (χ0v) is 11.7. The zero-order chi connectivity index (χ0) is 13.9. The lowest BCUT2D eigenvalue weighted by atomic mass is 10.0. The van der Waals surface area contributed by atoms with Gasteiger partial charge in [0.05, 0.1) is 12.2 Å². The average molecular weight is 266 g/mol. The number of amides is 1. The minimum Gasteiger partial charge on any atom is -0.332 e. The fraction of sp³-hybridized carbons (Fsp3) is 0.294. The van der Waals surface area contributed by atoms with E-state index < -0.39 is 0 Å². The van der Waals surface area contributed by atoms with E-state index in [1.807, 2.05) is 35.2 Å². The van der Waals surface area contributed by atoms with Gasteiger partial charge in [0, 0.05) is 17.8 Å². The number of pyridine rings is 1. The Bertz CT molecular complexity index is 622. The van der Waals surface area contributed by atoms with Gasteiger partial charge in [-0.15, -0.1) is 0 Å². The van der Waals surface area contributed by atoms with Gasteiger partial charge in [-0.3, -0.25) is 9.78 Å². The van der Waals surface area contributed by atoms with Gasteiger partial charge < -0.3 is 4.90 Å². The standard InChI is InChI=1S/C17H18N2O/c1-2-15-9-8-13-10-11-19(12-16(13)18-15)17(20)14-6-4-3-5-7-14/h3-9H,2,10-12H2,1H3. The smallest absolute Gasteiger partial charge is 0.254 e. The topological polar surface area (TPSA) is 33.2 Å². The number of aromatic nitrogens is 1. The Morgan fingerprint density at radius 1 is 1.20 bits per heavy atom. The number of hydrogen-bond donors (Lipinski definition) is 0. The molecular weight excluding hydrogens is 248 g/mol. The number of hydrogen-bond acceptors (Lipinski definition) is 2. The predicted octanol–water partition coefficient (Wildman–Crippen LogP) is 2.84. The van der Waals surface area contributed by atoms with Crippen molar-refractivity contribution < 1.29 is 4.79 Å². The van der Waals surface area contributed by atoms with Crippen LogP contribution in [0, 0.1) is 0 Å². The summed E-state index contributed by atoms with van der Waals surface area (Å²) in [7, 11) is 0. The van der Waals surface area contributed by atoms with Gasteiger partial charge in [-0.1, -0.05) is 31.2 Å². The van der Waals surface area contributed by atoms with E-state index in [0.717, 1.165) is 36.3 Å². The maximum absolute atomic E-state index is 12.5. The highest BCUT2D eigenvalue weighted by Gasteiger charge is 2.22. The second-order valence-corrected chi connectivity index (χ2v) is 5.10. The molecule has 0 aliphatic carbocycles. The highest BCUT2D eigenvalue weighted by atomic mass is 16.2. The van der Waals surface area contributed by atoms with Gasteiger partial charge in [0.1, 0.15) is 0 Å². The lowest BCUT2D eigenvalue weighted by Gasteiger charge is -2.28. The average Bonchev–Trinajstić information content (AvgIpc) is 2.54. The molecule has 1 aromatic carbocycles. The van der Waals surface area contributed by atoms with Crippen LogP contribution in [0.1, 0.15) is 34.2 Å². The van der Waals surface area contributed by atoms with Gasteiger partial charge in [0.25, 0.3) is 5.91 Å². The Morgan fingerprint density at radius 3 is 2.75 bits per heavy atom. The van der Waals surface area contributed by atoms with Crippen LogP contribution >= 0.6 is 0 Å². The molecule has 0 atom stereocenters. The van der Waals surface area contributed by atoms with Crippen molar-refractivity contribution in [1.82, 2.24) is 9.88 Å². The molecule has 1 amide bonds.